The molecule has 2 rings (SSSR count). The second-order valence-electron chi connectivity index (χ2n) is 4.51. The molecule has 0 radical (unpaired) electrons. The van der Waals surface area contributed by atoms with Crippen LogP contribution in [0.5, 0.6) is 0 Å². The minimum atomic E-state index is 0. The molecule has 120 valence electrons. The van der Waals surface area contributed by atoms with E-state index in [0.29, 0.717) is 0 Å². The van der Waals surface area contributed by atoms with Crippen molar-refractivity contribution in [1.82, 2.24) is 0 Å². The largest absolute Gasteiger partial charge is 0.373 e. The molecular weight excluding hydrogens is 303 g/mol. The van der Waals surface area contributed by atoms with Gasteiger partial charge in [-0.05, 0) is 24.3 Å². The normalized spacial score (nSPS) is 8.67. The van der Waals surface area contributed by atoms with Crippen LogP contribution in [0.2, 0.25) is 0 Å². The third kappa shape index (κ3) is 6.68. The summed E-state index contributed by atoms with van der Waals surface area (Å²) in [6, 6.07) is 21.0. The van der Waals surface area contributed by atoms with Crippen LogP contribution in [0, 0.1) is 14.9 Å². The van der Waals surface area contributed by atoms with Crippen molar-refractivity contribution < 1.29 is 16.5 Å². The fourth-order valence-electron chi connectivity index (χ4n) is 1.92. The molecule has 0 amide bonds. The van der Waals surface area contributed by atoms with Gasteiger partial charge in [0, 0.05) is 55.1 Å². The van der Waals surface area contributed by atoms with Crippen molar-refractivity contribution >= 4 is 11.4 Å². The zero-order valence-electron chi connectivity index (χ0n) is 13.4. The fourth-order valence-corrected chi connectivity index (χ4v) is 1.92. The van der Waals surface area contributed by atoms with Gasteiger partial charge in [-0.3, -0.25) is 0 Å². The van der Waals surface area contributed by atoms with Gasteiger partial charge in [0.25, 0.3) is 0 Å². The minimum absolute atomic E-state index is 0. The van der Waals surface area contributed by atoms with Crippen molar-refractivity contribution in [3.8, 4) is 0 Å². The van der Waals surface area contributed by atoms with Crippen molar-refractivity contribution in [3.63, 3.8) is 0 Å². The van der Waals surface area contributed by atoms with Gasteiger partial charge in [0.2, 0.25) is 0 Å². The average molecular weight is 329 g/mol. The molecule has 0 atom stereocenters. The van der Waals surface area contributed by atoms with Crippen molar-refractivity contribution in [1.29, 1.82) is 0 Å². The molecule has 2 aromatic rings. The summed E-state index contributed by atoms with van der Waals surface area (Å²) in [5.41, 5.74) is 2.53. The summed E-state index contributed by atoms with van der Waals surface area (Å²) in [7, 11) is 4.27. The number of anilines is 2. The number of benzene rings is 2. The SMILES string of the molecule is CN(CCN(C)c1ccccc1)c1ccccc1.[CH3-].[CH3-].[Ni]. The summed E-state index contributed by atoms with van der Waals surface area (Å²) in [4.78, 5) is 4.55. The van der Waals surface area contributed by atoms with Crippen LogP contribution < -0.4 is 9.80 Å². The summed E-state index contributed by atoms with van der Waals surface area (Å²) in [5.74, 6) is 0. The van der Waals surface area contributed by atoms with E-state index in [4.69, 9.17) is 0 Å². The fraction of sp³-hybridized carbons (Fsp3) is 0.222. The Hall–Kier alpha value is -1.47. The molecule has 0 aromatic heterocycles. The van der Waals surface area contributed by atoms with Crippen molar-refractivity contribution in [2.24, 2.45) is 0 Å². The molecular formula is C18H26N2Ni-2. The van der Waals surface area contributed by atoms with Crippen LogP contribution in [0.3, 0.4) is 0 Å². The molecule has 0 fully saturated rings. The number of nitrogens with zero attached hydrogens (tertiary/aromatic N) is 2. The summed E-state index contributed by atoms with van der Waals surface area (Å²) in [6.07, 6.45) is 0. The van der Waals surface area contributed by atoms with Crippen LogP contribution in [-0.2, 0) is 16.5 Å². The van der Waals surface area contributed by atoms with Gasteiger partial charge in [0.15, 0.2) is 0 Å². The first-order valence-corrected chi connectivity index (χ1v) is 6.30. The minimum Gasteiger partial charge on any atom is -0.373 e. The molecule has 21 heavy (non-hydrogen) atoms. The van der Waals surface area contributed by atoms with E-state index < -0.39 is 0 Å². The predicted octanol–water partition coefficient (Wildman–Crippen LogP) is 4.16. The van der Waals surface area contributed by atoms with E-state index in [1.54, 1.807) is 0 Å². The molecule has 3 heteroatoms. The molecule has 0 saturated carbocycles. The molecule has 2 nitrogen and oxygen atoms in total. The van der Waals surface area contributed by atoms with Crippen LogP contribution in [0.25, 0.3) is 0 Å². The van der Waals surface area contributed by atoms with Gasteiger partial charge >= 0.3 is 0 Å². The van der Waals surface area contributed by atoms with E-state index in [1.807, 2.05) is 12.1 Å². The molecule has 0 aliphatic heterocycles. The first-order chi connectivity index (χ1) is 8.77. The Bertz CT molecular complexity index is 414. The third-order valence-corrected chi connectivity index (χ3v) is 3.16. The second-order valence-corrected chi connectivity index (χ2v) is 4.51. The standard InChI is InChI=1S/C16H20N2.2CH3.Ni/c1-17(15-9-5-3-6-10-15)13-14-18(2)16-11-7-4-8-12-16;;;/h3-12H,13-14H2,1-2H3;2*1H3;/q;2*-1;. The quantitative estimate of drug-likeness (QED) is 0.600. The number of hydrogen-bond donors (Lipinski definition) is 0. The van der Waals surface area contributed by atoms with Gasteiger partial charge in [-0.25, -0.2) is 0 Å². The number of hydrogen-bond acceptors (Lipinski definition) is 2. The molecule has 0 unspecified atom stereocenters. The van der Waals surface area contributed by atoms with Crippen LogP contribution in [-0.4, -0.2) is 27.2 Å². The van der Waals surface area contributed by atoms with Crippen LogP contribution >= 0.6 is 0 Å². The Balaban J connectivity index is 0. The zero-order chi connectivity index (χ0) is 12.8. The monoisotopic (exact) mass is 328 g/mol. The van der Waals surface area contributed by atoms with E-state index in [2.05, 4.69) is 72.4 Å². The van der Waals surface area contributed by atoms with Crippen molar-refractivity contribution in [3.05, 3.63) is 75.5 Å². The number of rotatable bonds is 5. The summed E-state index contributed by atoms with van der Waals surface area (Å²) in [5, 5.41) is 0. The molecule has 0 saturated heterocycles. The predicted molar refractivity (Wildman–Crippen MR) is 92.3 cm³/mol. The van der Waals surface area contributed by atoms with E-state index >= 15 is 0 Å². The van der Waals surface area contributed by atoms with E-state index in [1.165, 1.54) is 11.4 Å². The van der Waals surface area contributed by atoms with Gasteiger partial charge in [-0.2, -0.15) is 0 Å². The Morgan fingerprint density at radius 1 is 0.619 bits per heavy atom. The number of likely N-dealkylation sites (N-methyl/N-ethyl adjacent to an activating group) is 2. The van der Waals surface area contributed by atoms with Crippen LogP contribution in [0.1, 0.15) is 0 Å². The van der Waals surface area contributed by atoms with Crippen LogP contribution in [0.4, 0.5) is 11.4 Å². The van der Waals surface area contributed by atoms with Crippen molar-refractivity contribution in [2.75, 3.05) is 37.0 Å². The zero-order valence-corrected chi connectivity index (χ0v) is 14.4. The molecule has 0 heterocycles. The third-order valence-electron chi connectivity index (χ3n) is 3.16. The maximum atomic E-state index is 2.28. The van der Waals surface area contributed by atoms with E-state index in [-0.39, 0.29) is 31.3 Å². The number of para-hydroxylation sites is 2. The maximum absolute atomic E-state index is 2.28. The van der Waals surface area contributed by atoms with Gasteiger partial charge in [0.05, 0.1) is 0 Å². The first-order valence-electron chi connectivity index (χ1n) is 6.30. The smallest absolute Gasteiger partial charge is 0.0364 e. The molecule has 0 spiro atoms. The molecule has 0 aliphatic rings. The van der Waals surface area contributed by atoms with Crippen molar-refractivity contribution in [2.45, 2.75) is 0 Å². The van der Waals surface area contributed by atoms with Gasteiger partial charge in [-0.15, -0.1) is 0 Å². The topological polar surface area (TPSA) is 6.48 Å². The van der Waals surface area contributed by atoms with E-state index in [0.717, 1.165) is 13.1 Å². The first kappa shape index (κ1) is 21.8. The summed E-state index contributed by atoms with van der Waals surface area (Å²) in [6.45, 7) is 2.02. The summed E-state index contributed by atoms with van der Waals surface area (Å²) >= 11 is 0. The second kappa shape index (κ2) is 11.2. The Labute approximate surface area is 140 Å². The molecule has 0 N–H and O–H groups in total. The molecule has 2 aromatic carbocycles. The van der Waals surface area contributed by atoms with Crippen LogP contribution in [0.15, 0.2) is 60.7 Å². The van der Waals surface area contributed by atoms with Gasteiger partial charge in [0.1, 0.15) is 0 Å². The Kier molecular flexibility index (Phi) is 11.7. The average Bonchev–Trinajstić information content (AvgIpc) is 2.46. The molecule has 0 bridgehead atoms. The Morgan fingerprint density at radius 2 is 0.905 bits per heavy atom. The van der Waals surface area contributed by atoms with Gasteiger partial charge in [-0.1, -0.05) is 36.4 Å². The summed E-state index contributed by atoms with van der Waals surface area (Å²) < 4.78 is 0. The molecule has 0 aliphatic carbocycles. The van der Waals surface area contributed by atoms with Gasteiger partial charge < -0.3 is 24.7 Å². The van der Waals surface area contributed by atoms with E-state index in [9.17, 15) is 0 Å². The Morgan fingerprint density at radius 3 is 1.19 bits per heavy atom. The maximum Gasteiger partial charge on any atom is 0.0364 e.